The maximum atomic E-state index is 13.9. The molecule has 2 aromatic carbocycles. The lowest BCUT2D eigenvalue weighted by molar-refractivity contribution is -0.117. The highest BCUT2D eigenvalue weighted by Gasteiger charge is 2.14. The predicted molar refractivity (Wildman–Crippen MR) is 110 cm³/mol. The number of carbonyl (C=O) groups excluding carboxylic acids is 1. The monoisotopic (exact) mass is 385 g/mol. The lowest BCUT2D eigenvalue weighted by Crippen LogP contribution is -2.32. The summed E-state index contributed by atoms with van der Waals surface area (Å²) >= 11 is 0. The fraction of sp³-hybridized carbons (Fsp3) is 0.409. The van der Waals surface area contributed by atoms with Gasteiger partial charge in [-0.15, -0.1) is 0 Å². The van der Waals surface area contributed by atoms with E-state index in [1.807, 2.05) is 30.0 Å². The number of methoxy groups -OCH3 is 1. The number of nitrogens with one attached hydrogen (secondary N) is 1. The first-order chi connectivity index (χ1) is 13.6. The van der Waals surface area contributed by atoms with Crippen molar-refractivity contribution in [2.24, 2.45) is 0 Å². The third-order valence-corrected chi connectivity index (χ3v) is 5.06. The molecule has 0 spiro atoms. The lowest BCUT2D eigenvalue weighted by atomic mass is 10.2. The number of carbonyl (C=O) groups is 1. The number of hydrogen-bond donors (Lipinski definition) is 1. The van der Waals surface area contributed by atoms with Crippen molar-refractivity contribution < 1.29 is 13.9 Å². The summed E-state index contributed by atoms with van der Waals surface area (Å²) in [4.78, 5) is 16.8. The number of benzene rings is 2. The number of likely N-dealkylation sites (N-methyl/N-ethyl adjacent to an activating group) is 1. The standard InChI is InChI=1S/C22H28FN3O2/c1-3-25(15-17-6-11-21(28-2)20(23)14-17)16-22(27)24-18-7-9-19(10-8-18)26-12-4-5-13-26/h6-11,14H,3-5,12-13,15-16H2,1-2H3,(H,24,27). The topological polar surface area (TPSA) is 44.8 Å². The lowest BCUT2D eigenvalue weighted by Gasteiger charge is -2.21. The molecular formula is C22H28FN3O2. The molecule has 5 nitrogen and oxygen atoms in total. The van der Waals surface area contributed by atoms with Crippen LogP contribution in [-0.2, 0) is 11.3 Å². The number of ether oxygens (including phenoxy) is 1. The third-order valence-electron chi connectivity index (χ3n) is 5.06. The van der Waals surface area contributed by atoms with Gasteiger partial charge in [-0.3, -0.25) is 9.69 Å². The van der Waals surface area contributed by atoms with Gasteiger partial charge in [0.1, 0.15) is 0 Å². The summed E-state index contributed by atoms with van der Waals surface area (Å²) in [5.74, 6) is -0.245. The minimum absolute atomic E-state index is 0.0789. The van der Waals surface area contributed by atoms with Crippen LogP contribution in [0.15, 0.2) is 42.5 Å². The molecule has 0 unspecified atom stereocenters. The van der Waals surface area contributed by atoms with Crippen LogP contribution in [0.1, 0.15) is 25.3 Å². The van der Waals surface area contributed by atoms with Gasteiger partial charge in [0.05, 0.1) is 13.7 Å². The minimum atomic E-state index is -0.390. The van der Waals surface area contributed by atoms with Crippen molar-refractivity contribution in [3.63, 3.8) is 0 Å². The molecule has 28 heavy (non-hydrogen) atoms. The molecule has 2 aromatic rings. The van der Waals surface area contributed by atoms with E-state index in [1.165, 1.54) is 31.7 Å². The number of anilines is 2. The average Bonchev–Trinajstić information content (AvgIpc) is 3.23. The van der Waals surface area contributed by atoms with E-state index in [1.54, 1.807) is 6.07 Å². The van der Waals surface area contributed by atoms with Gasteiger partial charge in [0, 0.05) is 31.0 Å². The van der Waals surface area contributed by atoms with Crippen LogP contribution < -0.4 is 15.0 Å². The van der Waals surface area contributed by atoms with Gasteiger partial charge in [-0.25, -0.2) is 4.39 Å². The molecule has 0 radical (unpaired) electrons. The van der Waals surface area contributed by atoms with Crippen molar-refractivity contribution in [1.82, 2.24) is 4.90 Å². The smallest absolute Gasteiger partial charge is 0.238 e. The summed E-state index contributed by atoms with van der Waals surface area (Å²) in [5.41, 5.74) is 2.80. The van der Waals surface area contributed by atoms with E-state index >= 15 is 0 Å². The highest BCUT2D eigenvalue weighted by Crippen LogP contribution is 2.22. The Kier molecular flexibility index (Phi) is 6.87. The first kappa shape index (κ1) is 20.1. The Hall–Kier alpha value is -2.60. The maximum Gasteiger partial charge on any atom is 0.238 e. The van der Waals surface area contributed by atoms with Gasteiger partial charge in [-0.05, 0) is 61.3 Å². The van der Waals surface area contributed by atoms with Gasteiger partial charge in [0.15, 0.2) is 11.6 Å². The summed E-state index contributed by atoms with van der Waals surface area (Å²) in [7, 11) is 1.44. The minimum Gasteiger partial charge on any atom is -0.494 e. The van der Waals surface area contributed by atoms with E-state index in [4.69, 9.17) is 4.74 Å². The number of halogens is 1. The molecule has 1 N–H and O–H groups in total. The second-order valence-electron chi connectivity index (χ2n) is 7.06. The van der Waals surface area contributed by atoms with Gasteiger partial charge in [0.2, 0.25) is 5.91 Å². The van der Waals surface area contributed by atoms with E-state index < -0.39 is 5.82 Å². The molecule has 0 aromatic heterocycles. The average molecular weight is 385 g/mol. The first-order valence-electron chi connectivity index (χ1n) is 9.78. The largest absolute Gasteiger partial charge is 0.494 e. The molecule has 1 aliphatic heterocycles. The van der Waals surface area contributed by atoms with Crippen LogP contribution >= 0.6 is 0 Å². The van der Waals surface area contributed by atoms with Crippen LogP contribution in [-0.4, -0.2) is 44.1 Å². The maximum absolute atomic E-state index is 13.9. The molecule has 6 heteroatoms. The number of hydrogen-bond acceptors (Lipinski definition) is 4. The third kappa shape index (κ3) is 5.23. The molecule has 0 bridgehead atoms. The van der Waals surface area contributed by atoms with Gasteiger partial charge < -0.3 is 15.0 Å². The van der Waals surface area contributed by atoms with Crippen molar-refractivity contribution in [3.05, 3.63) is 53.8 Å². The fourth-order valence-corrected chi connectivity index (χ4v) is 3.48. The fourth-order valence-electron chi connectivity index (χ4n) is 3.48. The summed E-state index contributed by atoms with van der Waals surface area (Å²) in [6.07, 6.45) is 2.48. The molecule has 1 fully saturated rings. The zero-order valence-corrected chi connectivity index (χ0v) is 16.6. The van der Waals surface area contributed by atoms with E-state index in [-0.39, 0.29) is 18.2 Å². The van der Waals surface area contributed by atoms with Crippen molar-refractivity contribution in [2.45, 2.75) is 26.3 Å². The number of nitrogens with zero attached hydrogens (tertiary/aromatic N) is 2. The zero-order chi connectivity index (χ0) is 19.9. The van der Waals surface area contributed by atoms with Crippen LogP contribution in [0, 0.1) is 5.82 Å². The molecule has 1 saturated heterocycles. The van der Waals surface area contributed by atoms with Gasteiger partial charge in [0.25, 0.3) is 0 Å². The molecule has 3 rings (SSSR count). The Morgan fingerprint density at radius 1 is 1.18 bits per heavy atom. The van der Waals surface area contributed by atoms with Crippen LogP contribution in [0.2, 0.25) is 0 Å². The van der Waals surface area contributed by atoms with Crippen molar-refractivity contribution >= 4 is 17.3 Å². The van der Waals surface area contributed by atoms with Gasteiger partial charge in [-0.2, -0.15) is 0 Å². The Bertz CT molecular complexity index is 789. The summed E-state index contributed by atoms with van der Waals surface area (Å²) in [6, 6.07) is 12.9. The molecule has 1 aliphatic rings. The number of rotatable bonds is 8. The molecule has 0 saturated carbocycles. The Labute approximate surface area is 166 Å². The molecule has 1 heterocycles. The van der Waals surface area contributed by atoms with E-state index in [2.05, 4.69) is 22.3 Å². The van der Waals surface area contributed by atoms with E-state index in [0.717, 1.165) is 24.3 Å². The Balaban J connectivity index is 1.54. The first-order valence-corrected chi connectivity index (χ1v) is 9.78. The highest BCUT2D eigenvalue weighted by atomic mass is 19.1. The molecule has 150 valence electrons. The van der Waals surface area contributed by atoms with Crippen LogP contribution in [0.5, 0.6) is 5.75 Å². The molecule has 0 atom stereocenters. The summed E-state index contributed by atoms with van der Waals surface area (Å²) < 4.78 is 18.8. The normalized spacial score (nSPS) is 13.8. The highest BCUT2D eigenvalue weighted by molar-refractivity contribution is 5.92. The van der Waals surface area contributed by atoms with Crippen molar-refractivity contribution in [3.8, 4) is 5.75 Å². The Morgan fingerprint density at radius 2 is 1.89 bits per heavy atom. The quantitative estimate of drug-likeness (QED) is 0.749. The zero-order valence-electron chi connectivity index (χ0n) is 16.6. The van der Waals surface area contributed by atoms with E-state index in [9.17, 15) is 9.18 Å². The summed E-state index contributed by atoms with van der Waals surface area (Å²) in [6.45, 7) is 5.62. The van der Waals surface area contributed by atoms with Gasteiger partial charge >= 0.3 is 0 Å². The second kappa shape index (κ2) is 9.55. The van der Waals surface area contributed by atoms with Crippen molar-refractivity contribution in [2.75, 3.05) is 43.5 Å². The van der Waals surface area contributed by atoms with Crippen molar-refractivity contribution in [1.29, 1.82) is 0 Å². The predicted octanol–water partition coefficient (Wildman–Crippen LogP) is 3.90. The molecule has 1 amide bonds. The SMILES string of the molecule is CCN(CC(=O)Nc1ccc(N2CCCC2)cc1)Cc1ccc(OC)c(F)c1. The summed E-state index contributed by atoms with van der Waals surface area (Å²) in [5, 5.41) is 2.95. The van der Waals surface area contributed by atoms with Crippen LogP contribution in [0.4, 0.5) is 15.8 Å². The van der Waals surface area contributed by atoms with Crippen LogP contribution in [0.3, 0.4) is 0 Å². The van der Waals surface area contributed by atoms with Gasteiger partial charge in [-0.1, -0.05) is 13.0 Å². The molecule has 0 aliphatic carbocycles. The second-order valence-corrected chi connectivity index (χ2v) is 7.06. The Morgan fingerprint density at radius 3 is 2.50 bits per heavy atom. The number of amides is 1. The van der Waals surface area contributed by atoms with Crippen LogP contribution in [0.25, 0.3) is 0 Å². The molecular weight excluding hydrogens is 357 g/mol. The van der Waals surface area contributed by atoms with E-state index in [0.29, 0.717) is 13.1 Å².